The zero-order valence-electron chi connectivity index (χ0n) is 73.1. The summed E-state index contributed by atoms with van der Waals surface area (Å²) < 4.78 is 0. The van der Waals surface area contributed by atoms with Crippen molar-refractivity contribution in [3.05, 3.63) is 492 Å². The van der Waals surface area contributed by atoms with Crippen molar-refractivity contribution in [1.29, 1.82) is 5.26 Å². The molecule has 0 spiro atoms. The van der Waals surface area contributed by atoms with Crippen molar-refractivity contribution in [1.82, 2.24) is 0 Å². The minimum atomic E-state index is -0.0782. The van der Waals surface area contributed by atoms with Gasteiger partial charge in [0.15, 0.2) is 0 Å². The molecular formula is C128H91N. The maximum Gasteiger partial charge on any atom is 0.0991 e. The Hall–Kier alpha value is -16.0. The van der Waals surface area contributed by atoms with Crippen LogP contribution < -0.4 is 0 Å². The molecule has 0 aliphatic heterocycles. The molecule has 24 rings (SSSR count). The predicted molar refractivity (Wildman–Crippen MR) is 548 cm³/mol. The van der Waals surface area contributed by atoms with Crippen LogP contribution in [-0.4, -0.2) is 0 Å². The zero-order chi connectivity index (χ0) is 87.1. The molecule has 129 heavy (non-hydrogen) atoms. The number of nitriles is 1. The van der Waals surface area contributed by atoms with Crippen molar-refractivity contribution in [3.8, 4) is 129 Å². The lowest BCUT2D eigenvalue weighted by Gasteiger charge is -2.23. The zero-order valence-corrected chi connectivity index (χ0v) is 73.1. The average molecular weight is 1640 g/mol. The SMILES string of the molecule is CC1(C)c2ccccc2-c2ccc(-c3c4ccccc4c(-c4ccc(C#N)cc4)c4ccc(-c5ccccc5)cc34)cc21.CC1(C)c2ccccc2-c2ccc(-c3c4ccccc4c(/C=C/c4ccccc4)c4ccc(-c5ccccc5)cc34)cc21.CC1(C)c2ccccc2-c2ccc(-c3c4ccccc4c(C#Cc4ccccc4)c4ccc(-c5ccccc5)cc34)cc21. The van der Waals surface area contributed by atoms with Gasteiger partial charge in [-0.2, -0.15) is 5.26 Å². The quantitative estimate of drug-likeness (QED) is 0.0803. The molecule has 608 valence electrons. The predicted octanol–water partition coefficient (Wildman–Crippen LogP) is 34.0. The van der Waals surface area contributed by atoms with Crippen molar-refractivity contribution in [2.24, 2.45) is 0 Å². The van der Waals surface area contributed by atoms with Crippen molar-refractivity contribution in [2.75, 3.05) is 0 Å². The smallest absolute Gasteiger partial charge is 0.0991 e. The summed E-state index contributed by atoms with van der Waals surface area (Å²) in [5.41, 5.74) is 38.6. The fraction of sp³-hybridized carbons (Fsp3) is 0.0703. The molecule has 0 saturated heterocycles. The monoisotopic (exact) mass is 1640 g/mol. The number of hydrogen-bond donors (Lipinski definition) is 0. The van der Waals surface area contributed by atoms with Crippen LogP contribution >= 0.6 is 0 Å². The summed E-state index contributed by atoms with van der Waals surface area (Å²) >= 11 is 0. The molecule has 21 aromatic rings. The van der Waals surface area contributed by atoms with E-state index in [1.54, 1.807) is 0 Å². The topological polar surface area (TPSA) is 23.8 Å². The van der Waals surface area contributed by atoms with Crippen LogP contribution in [0.3, 0.4) is 0 Å². The van der Waals surface area contributed by atoms with Crippen molar-refractivity contribution in [2.45, 2.75) is 57.8 Å². The summed E-state index contributed by atoms with van der Waals surface area (Å²) in [5.74, 6) is 7.06. The van der Waals surface area contributed by atoms with E-state index in [1.807, 2.05) is 30.3 Å². The lowest BCUT2D eigenvalue weighted by atomic mass is 9.80. The highest BCUT2D eigenvalue weighted by Crippen LogP contribution is 2.56. The number of benzene rings is 21. The lowest BCUT2D eigenvalue weighted by molar-refractivity contribution is 0.660. The molecule has 0 heterocycles. The fourth-order valence-electron chi connectivity index (χ4n) is 21.2. The molecule has 0 N–H and O–H groups in total. The highest BCUT2D eigenvalue weighted by Gasteiger charge is 2.39. The largest absolute Gasteiger partial charge is 0.192 e. The Balaban J connectivity index is 0.000000114. The summed E-state index contributed by atoms with van der Waals surface area (Å²) in [5, 5.41) is 24.3. The van der Waals surface area contributed by atoms with Gasteiger partial charge in [-0.25, -0.2) is 0 Å². The fourth-order valence-corrected chi connectivity index (χ4v) is 21.2. The van der Waals surface area contributed by atoms with Gasteiger partial charge in [0, 0.05) is 27.4 Å². The molecule has 0 saturated carbocycles. The van der Waals surface area contributed by atoms with E-state index in [0.717, 1.165) is 16.7 Å². The molecule has 0 bridgehead atoms. The highest BCUT2D eigenvalue weighted by atomic mass is 14.4. The molecule has 3 aliphatic carbocycles. The molecule has 0 fully saturated rings. The normalized spacial score (nSPS) is 13.1. The first-order valence-electron chi connectivity index (χ1n) is 44.9. The average Bonchev–Trinajstić information content (AvgIpc) is 1.72. The maximum atomic E-state index is 9.45. The van der Waals surface area contributed by atoms with Gasteiger partial charge in [-0.05, 0) is 281 Å². The van der Waals surface area contributed by atoms with Crippen LogP contribution in [0.1, 0.15) is 103 Å². The maximum absolute atomic E-state index is 9.45. The number of hydrogen-bond acceptors (Lipinski definition) is 1. The second kappa shape index (κ2) is 32.2. The van der Waals surface area contributed by atoms with Crippen LogP contribution in [0.25, 0.3) is 188 Å². The van der Waals surface area contributed by atoms with Crippen molar-refractivity contribution < 1.29 is 0 Å². The first-order chi connectivity index (χ1) is 63.2. The van der Waals surface area contributed by atoms with E-state index in [4.69, 9.17) is 0 Å². The van der Waals surface area contributed by atoms with Crippen molar-refractivity contribution >= 4 is 76.8 Å². The summed E-state index contributed by atoms with van der Waals surface area (Å²) in [6, 6.07) is 158. The third-order valence-corrected chi connectivity index (χ3v) is 27.7. The second-order valence-electron chi connectivity index (χ2n) is 36.1. The van der Waals surface area contributed by atoms with Gasteiger partial charge in [-0.1, -0.05) is 436 Å². The minimum absolute atomic E-state index is 0.0545. The summed E-state index contributed by atoms with van der Waals surface area (Å²) in [4.78, 5) is 0. The van der Waals surface area contributed by atoms with Gasteiger partial charge < -0.3 is 0 Å². The summed E-state index contributed by atoms with van der Waals surface area (Å²) in [7, 11) is 0. The van der Waals surface area contributed by atoms with Gasteiger partial charge in [-0.15, -0.1) is 0 Å². The van der Waals surface area contributed by atoms with Crippen LogP contribution in [0.15, 0.2) is 431 Å². The molecular weight excluding hydrogens is 1550 g/mol. The number of rotatable bonds is 9. The molecule has 3 aliphatic rings. The Morgan fingerprint density at radius 1 is 0.194 bits per heavy atom. The van der Waals surface area contributed by atoms with Crippen LogP contribution in [0, 0.1) is 23.2 Å². The van der Waals surface area contributed by atoms with Crippen LogP contribution in [0.4, 0.5) is 0 Å². The molecule has 1 heteroatoms. The first-order valence-corrected chi connectivity index (χ1v) is 44.9. The Morgan fingerprint density at radius 3 is 0.915 bits per heavy atom. The highest BCUT2D eigenvalue weighted by molar-refractivity contribution is 6.23. The lowest BCUT2D eigenvalue weighted by Crippen LogP contribution is -2.14. The van der Waals surface area contributed by atoms with E-state index >= 15 is 0 Å². The van der Waals surface area contributed by atoms with E-state index in [2.05, 4.69) is 472 Å². The Morgan fingerprint density at radius 2 is 0.481 bits per heavy atom. The number of fused-ring (bicyclic) bond motifs is 15. The van der Waals surface area contributed by atoms with Gasteiger partial charge in [0.1, 0.15) is 0 Å². The molecule has 0 unspecified atom stereocenters. The van der Waals surface area contributed by atoms with Crippen LogP contribution in [-0.2, 0) is 16.2 Å². The van der Waals surface area contributed by atoms with E-state index in [-0.39, 0.29) is 16.2 Å². The van der Waals surface area contributed by atoms with Gasteiger partial charge >= 0.3 is 0 Å². The van der Waals surface area contributed by atoms with Gasteiger partial charge in [0.25, 0.3) is 0 Å². The van der Waals surface area contributed by atoms with Crippen LogP contribution in [0.2, 0.25) is 0 Å². The van der Waals surface area contributed by atoms with Gasteiger partial charge in [-0.3, -0.25) is 0 Å². The molecule has 0 aromatic heterocycles. The first kappa shape index (κ1) is 78.9. The Kier molecular flexibility index (Phi) is 19.7. The summed E-state index contributed by atoms with van der Waals surface area (Å²) in [6.07, 6.45) is 4.54. The summed E-state index contributed by atoms with van der Waals surface area (Å²) in [6.45, 7) is 14.1. The van der Waals surface area contributed by atoms with Gasteiger partial charge in [0.2, 0.25) is 0 Å². The standard InChI is InChI=1S/C43H32.C43H30.C42H29N/c2*1-43(2)40-20-12-11-18-36(40)37-26-23-32(28-41(37)43)42-38-19-10-9-17-33(38)34(24-21-29-13-5-3-6-14-29)35-25-22-31(27-39(35)42)30-15-7-4-8-16-30;1-42(2)38-15-9-8-12-32(38)33-22-21-31(25-39(33)42)41-35-14-7-6-13-34(35)40(29-18-16-27(26-43)17-19-29)36-23-20-30(24-37(36)41)28-10-4-3-5-11-28/h3-28H,1-2H3;3-20,22-23,25-28H,1-2H3;3-25H,1-2H3/b24-21+;;. The molecule has 21 aromatic carbocycles. The minimum Gasteiger partial charge on any atom is -0.192 e. The Labute approximate surface area is 755 Å². The second-order valence-corrected chi connectivity index (χ2v) is 36.1. The van der Waals surface area contributed by atoms with Crippen molar-refractivity contribution in [3.63, 3.8) is 0 Å². The molecule has 0 radical (unpaired) electrons. The molecule has 0 atom stereocenters. The Bertz CT molecular complexity index is 8210. The molecule has 1 nitrogen and oxygen atoms in total. The van der Waals surface area contributed by atoms with E-state index in [9.17, 15) is 5.26 Å². The van der Waals surface area contributed by atoms with Gasteiger partial charge in [0.05, 0.1) is 11.6 Å². The van der Waals surface area contributed by atoms with E-state index in [1.165, 1.54) is 215 Å². The van der Waals surface area contributed by atoms with E-state index < -0.39 is 0 Å². The van der Waals surface area contributed by atoms with E-state index in [0.29, 0.717) is 5.56 Å². The third kappa shape index (κ3) is 13.7. The third-order valence-electron chi connectivity index (χ3n) is 27.7. The molecule has 0 amide bonds. The van der Waals surface area contributed by atoms with Crippen LogP contribution in [0.5, 0.6) is 0 Å². The number of nitrogens with zero attached hydrogens (tertiary/aromatic N) is 1.